The number of halogens is 1. The first-order chi connectivity index (χ1) is 5.70. The highest BCUT2D eigenvalue weighted by Gasteiger charge is 2.05. The van der Waals surface area contributed by atoms with E-state index in [0.29, 0.717) is 5.39 Å². The van der Waals surface area contributed by atoms with Crippen molar-refractivity contribution in [2.75, 3.05) is 0 Å². The second-order valence-electron chi connectivity index (χ2n) is 3.07. The summed E-state index contributed by atoms with van der Waals surface area (Å²) in [5, 5.41) is 0.679. The van der Waals surface area contributed by atoms with Crippen LogP contribution in [0.1, 0.15) is 11.1 Å². The zero-order valence-corrected chi connectivity index (χ0v) is 7.11. The van der Waals surface area contributed by atoms with E-state index in [2.05, 4.69) is 4.98 Å². The van der Waals surface area contributed by atoms with Gasteiger partial charge >= 0.3 is 0 Å². The predicted octanol–water partition coefficient (Wildman–Crippen LogP) is 2.92. The van der Waals surface area contributed by atoms with Crippen LogP contribution in [0.3, 0.4) is 0 Å². The van der Waals surface area contributed by atoms with Crippen LogP contribution in [-0.4, -0.2) is 4.98 Å². The Kier molecular flexibility index (Phi) is 1.43. The van der Waals surface area contributed by atoms with Crippen LogP contribution in [0.4, 0.5) is 4.39 Å². The molecule has 2 heteroatoms. The van der Waals surface area contributed by atoms with E-state index in [1.807, 2.05) is 26.0 Å². The van der Waals surface area contributed by atoms with Crippen molar-refractivity contribution in [1.82, 2.24) is 4.98 Å². The SMILES string of the molecule is Cc1ccc2c(F)c[nH]c2c1C. The summed E-state index contributed by atoms with van der Waals surface area (Å²) < 4.78 is 13.0. The van der Waals surface area contributed by atoms with Gasteiger partial charge in [0.2, 0.25) is 0 Å². The average molecular weight is 163 g/mol. The van der Waals surface area contributed by atoms with Crippen molar-refractivity contribution < 1.29 is 4.39 Å². The van der Waals surface area contributed by atoms with Crippen LogP contribution in [0.2, 0.25) is 0 Å². The Morgan fingerprint density at radius 2 is 2.00 bits per heavy atom. The molecule has 1 heterocycles. The maximum absolute atomic E-state index is 13.0. The smallest absolute Gasteiger partial charge is 0.148 e. The second kappa shape index (κ2) is 2.34. The number of H-pyrrole nitrogens is 1. The standard InChI is InChI=1S/C10H10FN/c1-6-3-4-8-9(11)5-12-10(8)7(6)2/h3-5,12H,1-2H3. The summed E-state index contributed by atoms with van der Waals surface area (Å²) >= 11 is 0. The Hall–Kier alpha value is -1.31. The van der Waals surface area contributed by atoms with Gasteiger partial charge in [-0.3, -0.25) is 0 Å². The molecule has 0 atom stereocenters. The third-order valence-corrected chi connectivity index (χ3v) is 2.34. The lowest BCUT2D eigenvalue weighted by Crippen LogP contribution is -1.81. The third-order valence-electron chi connectivity index (χ3n) is 2.34. The Bertz CT molecular complexity index is 429. The van der Waals surface area contributed by atoms with E-state index in [9.17, 15) is 4.39 Å². The Morgan fingerprint density at radius 3 is 2.75 bits per heavy atom. The number of benzene rings is 1. The van der Waals surface area contributed by atoms with Crippen LogP contribution >= 0.6 is 0 Å². The van der Waals surface area contributed by atoms with Gasteiger partial charge in [-0.1, -0.05) is 6.07 Å². The van der Waals surface area contributed by atoms with Gasteiger partial charge in [0.05, 0.1) is 5.52 Å². The van der Waals surface area contributed by atoms with E-state index < -0.39 is 0 Å². The monoisotopic (exact) mass is 163 g/mol. The van der Waals surface area contributed by atoms with Crippen LogP contribution in [0.25, 0.3) is 10.9 Å². The topological polar surface area (TPSA) is 15.8 Å². The number of aryl methyl sites for hydroxylation is 2. The van der Waals surface area contributed by atoms with Crippen LogP contribution in [0.15, 0.2) is 18.3 Å². The average Bonchev–Trinajstić information content (AvgIpc) is 2.41. The summed E-state index contributed by atoms with van der Waals surface area (Å²) in [6.45, 7) is 4.02. The first kappa shape index (κ1) is 7.35. The Labute approximate surface area is 70.2 Å². The normalized spacial score (nSPS) is 10.9. The molecule has 0 bridgehead atoms. The molecular formula is C10H10FN. The highest BCUT2D eigenvalue weighted by molar-refractivity contribution is 5.84. The zero-order chi connectivity index (χ0) is 8.72. The Balaban J connectivity index is 2.93. The summed E-state index contributed by atoms with van der Waals surface area (Å²) in [6, 6.07) is 3.75. The molecule has 1 aromatic heterocycles. The van der Waals surface area contributed by atoms with Gasteiger partial charge < -0.3 is 4.98 Å². The van der Waals surface area contributed by atoms with Crippen molar-refractivity contribution in [3.8, 4) is 0 Å². The number of fused-ring (bicyclic) bond motifs is 1. The zero-order valence-electron chi connectivity index (χ0n) is 7.11. The number of hydrogen-bond acceptors (Lipinski definition) is 0. The fraction of sp³-hybridized carbons (Fsp3) is 0.200. The summed E-state index contributed by atoms with van der Waals surface area (Å²) in [5.74, 6) is -0.173. The minimum Gasteiger partial charge on any atom is -0.358 e. The fourth-order valence-electron chi connectivity index (χ4n) is 1.41. The molecule has 62 valence electrons. The van der Waals surface area contributed by atoms with Gasteiger partial charge in [0.1, 0.15) is 5.82 Å². The lowest BCUT2D eigenvalue weighted by Gasteiger charge is -1.99. The molecule has 0 fully saturated rings. The molecule has 0 amide bonds. The maximum Gasteiger partial charge on any atom is 0.148 e. The van der Waals surface area contributed by atoms with E-state index in [1.54, 1.807) is 0 Å². The maximum atomic E-state index is 13.0. The molecule has 0 aliphatic rings. The minimum atomic E-state index is -0.173. The van der Waals surface area contributed by atoms with E-state index >= 15 is 0 Å². The summed E-state index contributed by atoms with van der Waals surface area (Å²) in [4.78, 5) is 2.92. The van der Waals surface area contributed by atoms with Crippen molar-refractivity contribution in [2.45, 2.75) is 13.8 Å². The van der Waals surface area contributed by atoms with Gasteiger partial charge in [0, 0.05) is 11.6 Å². The minimum absolute atomic E-state index is 0.173. The summed E-state index contributed by atoms with van der Waals surface area (Å²) in [5.41, 5.74) is 3.22. The summed E-state index contributed by atoms with van der Waals surface area (Å²) in [7, 11) is 0. The molecule has 0 aliphatic heterocycles. The Morgan fingerprint density at radius 1 is 1.25 bits per heavy atom. The van der Waals surface area contributed by atoms with Crippen molar-refractivity contribution in [3.05, 3.63) is 35.3 Å². The highest BCUT2D eigenvalue weighted by atomic mass is 19.1. The van der Waals surface area contributed by atoms with Gasteiger partial charge in [-0.2, -0.15) is 0 Å². The first-order valence-electron chi connectivity index (χ1n) is 3.93. The lowest BCUT2D eigenvalue weighted by molar-refractivity contribution is 0.639. The van der Waals surface area contributed by atoms with Crippen LogP contribution in [0.5, 0.6) is 0 Å². The van der Waals surface area contributed by atoms with E-state index in [4.69, 9.17) is 0 Å². The largest absolute Gasteiger partial charge is 0.358 e. The number of hydrogen-bond donors (Lipinski definition) is 1. The van der Waals surface area contributed by atoms with Gasteiger partial charge in [-0.25, -0.2) is 4.39 Å². The third kappa shape index (κ3) is 0.843. The molecule has 0 saturated carbocycles. The molecule has 2 rings (SSSR count). The highest BCUT2D eigenvalue weighted by Crippen LogP contribution is 2.22. The molecule has 2 aromatic rings. The molecule has 1 nitrogen and oxygen atoms in total. The molecule has 0 spiro atoms. The molecule has 0 radical (unpaired) electrons. The number of nitrogens with one attached hydrogen (secondary N) is 1. The van der Waals surface area contributed by atoms with Crippen LogP contribution in [-0.2, 0) is 0 Å². The number of aromatic amines is 1. The summed E-state index contributed by atoms with van der Waals surface area (Å²) in [6.07, 6.45) is 1.40. The van der Waals surface area contributed by atoms with Crippen LogP contribution in [0, 0.1) is 19.7 Å². The fourth-order valence-corrected chi connectivity index (χ4v) is 1.41. The first-order valence-corrected chi connectivity index (χ1v) is 3.93. The van der Waals surface area contributed by atoms with Gasteiger partial charge in [-0.05, 0) is 31.0 Å². The molecule has 1 N–H and O–H groups in total. The molecule has 12 heavy (non-hydrogen) atoms. The van der Waals surface area contributed by atoms with Crippen LogP contribution < -0.4 is 0 Å². The number of rotatable bonds is 0. The van der Waals surface area contributed by atoms with E-state index in [0.717, 1.165) is 11.1 Å². The lowest BCUT2D eigenvalue weighted by atomic mass is 10.1. The van der Waals surface area contributed by atoms with Crippen molar-refractivity contribution in [2.24, 2.45) is 0 Å². The molecule has 0 aliphatic carbocycles. The molecular weight excluding hydrogens is 153 g/mol. The quantitative estimate of drug-likeness (QED) is 0.614. The molecule has 1 aromatic carbocycles. The second-order valence-corrected chi connectivity index (χ2v) is 3.07. The van der Waals surface area contributed by atoms with Crippen molar-refractivity contribution in [3.63, 3.8) is 0 Å². The van der Waals surface area contributed by atoms with Crippen molar-refractivity contribution in [1.29, 1.82) is 0 Å². The van der Waals surface area contributed by atoms with Gasteiger partial charge in [0.25, 0.3) is 0 Å². The molecule has 0 saturated heterocycles. The van der Waals surface area contributed by atoms with E-state index in [-0.39, 0.29) is 5.82 Å². The molecule has 0 unspecified atom stereocenters. The van der Waals surface area contributed by atoms with E-state index in [1.165, 1.54) is 11.8 Å². The predicted molar refractivity (Wildman–Crippen MR) is 47.7 cm³/mol. The number of aromatic nitrogens is 1. The van der Waals surface area contributed by atoms with Crippen molar-refractivity contribution >= 4 is 10.9 Å². The van der Waals surface area contributed by atoms with Gasteiger partial charge in [0.15, 0.2) is 0 Å². The van der Waals surface area contributed by atoms with Gasteiger partial charge in [-0.15, -0.1) is 0 Å².